The lowest BCUT2D eigenvalue weighted by Gasteiger charge is -2.12. The van der Waals surface area contributed by atoms with Gasteiger partial charge in [-0.05, 0) is 33.5 Å². The fourth-order valence-electron chi connectivity index (χ4n) is 1.54. The smallest absolute Gasteiger partial charge is 0.131 e. The second kappa shape index (κ2) is 6.57. The molecule has 1 rings (SSSR count). The van der Waals surface area contributed by atoms with Crippen molar-refractivity contribution >= 4 is 0 Å². The number of nitrogens with zero attached hydrogens (tertiary/aromatic N) is 1. The van der Waals surface area contributed by atoms with Gasteiger partial charge in [0.05, 0.1) is 6.61 Å². The van der Waals surface area contributed by atoms with E-state index in [4.69, 9.17) is 10.5 Å². The zero-order valence-electron chi connectivity index (χ0n) is 10.7. The third-order valence-corrected chi connectivity index (χ3v) is 2.48. The van der Waals surface area contributed by atoms with Gasteiger partial charge in [-0.3, -0.25) is 0 Å². The Morgan fingerprint density at radius 1 is 1.41 bits per heavy atom. The molecule has 0 aliphatic carbocycles. The van der Waals surface area contributed by atoms with Crippen LogP contribution in [0.1, 0.15) is 24.9 Å². The molecule has 0 aliphatic rings. The SMILES string of the molecule is C[C@H](N)c1ccc(OCCCN(C)C)cc1F. The highest BCUT2D eigenvalue weighted by molar-refractivity contribution is 5.30. The van der Waals surface area contributed by atoms with Gasteiger partial charge >= 0.3 is 0 Å². The van der Waals surface area contributed by atoms with E-state index >= 15 is 0 Å². The average molecular weight is 240 g/mol. The first kappa shape index (κ1) is 13.9. The molecule has 0 bridgehead atoms. The van der Waals surface area contributed by atoms with Gasteiger partial charge in [0.25, 0.3) is 0 Å². The average Bonchev–Trinajstić information content (AvgIpc) is 2.23. The molecule has 0 aliphatic heterocycles. The van der Waals surface area contributed by atoms with Crippen LogP contribution in [0.3, 0.4) is 0 Å². The zero-order chi connectivity index (χ0) is 12.8. The van der Waals surface area contributed by atoms with E-state index in [1.165, 1.54) is 6.07 Å². The summed E-state index contributed by atoms with van der Waals surface area (Å²) in [5.74, 6) is 0.260. The van der Waals surface area contributed by atoms with Crippen LogP contribution >= 0.6 is 0 Å². The van der Waals surface area contributed by atoms with Crippen molar-refractivity contribution in [3.63, 3.8) is 0 Å². The second-order valence-corrected chi connectivity index (χ2v) is 4.48. The normalized spacial score (nSPS) is 12.8. The Hall–Kier alpha value is -1.13. The van der Waals surface area contributed by atoms with Crippen molar-refractivity contribution in [2.75, 3.05) is 27.2 Å². The first-order valence-electron chi connectivity index (χ1n) is 5.83. The van der Waals surface area contributed by atoms with Crippen LogP contribution in [0.25, 0.3) is 0 Å². The molecule has 1 aromatic carbocycles. The second-order valence-electron chi connectivity index (χ2n) is 4.48. The number of hydrogen-bond donors (Lipinski definition) is 1. The summed E-state index contributed by atoms with van der Waals surface area (Å²) in [7, 11) is 4.02. The van der Waals surface area contributed by atoms with Gasteiger partial charge in [0.2, 0.25) is 0 Å². The molecule has 0 saturated heterocycles. The Morgan fingerprint density at radius 2 is 2.12 bits per heavy atom. The molecule has 0 fully saturated rings. The first-order chi connectivity index (χ1) is 8.00. The summed E-state index contributed by atoms with van der Waals surface area (Å²) in [6, 6.07) is 4.55. The van der Waals surface area contributed by atoms with E-state index < -0.39 is 0 Å². The molecule has 96 valence electrons. The van der Waals surface area contributed by atoms with E-state index in [0.717, 1.165) is 13.0 Å². The fourth-order valence-corrected chi connectivity index (χ4v) is 1.54. The Bertz CT molecular complexity index is 353. The summed E-state index contributed by atoms with van der Waals surface area (Å²) in [6.45, 7) is 3.31. The number of nitrogens with two attached hydrogens (primary N) is 1. The molecule has 0 heterocycles. The number of halogens is 1. The minimum Gasteiger partial charge on any atom is -0.493 e. The van der Waals surface area contributed by atoms with Crippen molar-refractivity contribution in [2.24, 2.45) is 5.73 Å². The van der Waals surface area contributed by atoms with E-state index in [1.807, 2.05) is 14.1 Å². The highest BCUT2D eigenvalue weighted by atomic mass is 19.1. The molecule has 3 nitrogen and oxygen atoms in total. The fraction of sp³-hybridized carbons (Fsp3) is 0.538. The quantitative estimate of drug-likeness (QED) is 0.774. The van der Waals surface area contributed by atoms with Gasteiger partial charge in [0.1, 0.15) is 11.6 Å². The van der Waals surface area contributed by atoms with E-state index in [1.54, 1.807) is 19.1 Å². The molecule has 17 heavy (non-hydrogen) atoms. The zero-order valence-corrected chi connectivity index (χ0v) is 10.7. The Balaban J connectivity index is 2.47. The molecule has 0 radical (unpaired) electrons. The van der Waals surface area contributed by atoms with E-state index in [9.17, 15) is 4.39 Å². The maximum Gasteiger partial charge on any atom is 0.131 e. The van der Waals surface area contributed by atoms with Crippen molar-refractivity contribution in [1.29, 1.82) is 0 Å². The third kappa shape index (κ3) is 4.71. The molecule has 4 heteroatoms. The third-order valence-electron chi connectivity index (χ3n) is 2.48. The van der Waals surface area contributed by atoms with Crippen LogP contribution in [-0.4, -0.2) is 32.1 Å². The topological polar surface area (TPSA) is 38.5 Å². The van der Waals surface area contributed by atoms with Gasteiger partial charge in [-0.25, -0.2) is 4.39 Å². The molecular formula is C13H21FN2O. The molecule has 0 aromatic heterocycles. The van der Waals surface area contributed by atoms with Gasteiger partial charge in [0, 0.05) is 24.2 Å². The molecule has 2 N–H and O–H groups in total. The number of rotatable bonds is 6. The Labute approximate surface area is 102 Å². The predicted molar refractivity (Wildman–Crippen MR) is 67.7 cm³/mol. The van der Waals surface area contributed by atoms with E-state index in [-0.39, 0.29) is 11.9 Å². The first-order valence-corrected chi connectivity index (χ1v) is 5.83. The summed E-state index contributed by atoms with van der Waals surface area (Å²) >= 11 is 0. The van der Waals surface area contributed by atoms with Crippen molar-refractivity contribution in [3.05, 3.63) is 29.6 Å². The molecule has 0 saturated carbocycles. The highest BCUT2D eigenvalue weighted by Crippen LogP contribution is 2.20. The molecule has 0 amide bonds. The van der Waals surface area contributed by atoms with E-state index in [0.29, 0.717) is 17.9 Å². The van der Waals surface area contributed by atoms with Gasteiger partial charge in [-0.1, -0.05) is 6.07 Å². The van der Waals surface area contributed by atoms with Crippen LogP contribution in [-0.2, 0) is 0 Å². The molecule has 1 aromatic rings. The highest BCUT2D eigenvalue weighted by Gasteiger charge is 2.07. The van der Waals surface area contributed by atoms with Crippen molar-refractivity contribution < 1.29 is 9.13 Å². The van der Waals surface area contributed by atoms with Crippen LogP contribution in [0, 0.1) is 5.82 Å². The van der Waals surface area contributed by atoms with E-state index in [2.05, 4.69) is 4.90 Å². The summed E-state index contributed by atoms with van der Waals surface area (Å²) in [5, 5.41) is 0. The number of ether oxygens (including phenoxy) is 1. The Morgan fingerprint density at radius 3 is 2.65 bits per heavy atom. The maximum atomic E-state index is 13.6. The lowest BCUT2D eigenvalue weighted by molar-refractivity contribution is 0.280. The minimum absolute atomic E-state index is 0.294. The monoisotopic (exact) mass is 240 g/mol. The number of hydrogen-bond acceptors (Lipinski definition) is 3. The van der Waals surface area contributed by atoms with Crippen molar-refractivity contribution in [3.8, 4) is 5.75 Å². The van der Waals surface area contributed by atoms with Crippen LogP contribution in [0.2, 0.25) is 0 Å². The summed E-state index contributed by atoms with van der Waals surface area (Å²) in [5.41, 5.74) is 6.15. The van der Waals surface area contributed by atoms with Crippen LogP contribution in [0.5, 0.6) is 5.75 Å². The summed E-state index contributed by atoms with van der Waals surface area (Å²) in [4.78, 5) is 2.09. The maximum absolute atomic E-state index is 13.6. The standard InChI is InChI=1S/C13H21FN2O/c1-10(15)12-6-5-11(9-13(12)14)17-8-4-7-16(2)3/h5-6,9-10H,4,7-8,15H2,1-3H3/t10-/m0/s1. The minimum atomic E-state index is -0.301. The molecule has 0 unspecified atom stereocenters. The van der Waals surface area contributed by atoms with Gasteiger partial charge < -0.3 is 15.4 Å². The summed E-state index contributed by atoms with van der Waals surface area (Å²) in [6.07, 6.45) is 0.920. The van der Waals surface area contributed by atoms with Crippen LogP contribution < -0.4 is 10.5 Å². The lowest BCUT2D eigenvalue weighted by Crippen LogP contribution is -2.15. The molecule has 0 spiro atoms. The van der Waals surface area contributed by atoms with Crippen molar-refractivity contribution in [1.82, 2.24) is 4.90 Å². The van der Waals surface area contributed by atoms with Crippen molar-refractivity contribution in [2.45, 2.75) is 19.4 Å². The molecule has 1 atom stereocenters. The largest absolute Gasteiger partial charge is 0.493 e. The van der Waals surface area contributed by atoms with Gasteiger partial charge in [-0.2, -0.15) is 0 Å². The van der Waals surface area contributed by atoms with Crippen LogP contribution in [0.4, 0.5) is 4.39 Å². The van der Waals surface area contributed by atoms with Crippen LogP contribution in [0.15, 0.2) is 18.2 Å². The predicted octanol–water partition coefficient (Wildman–Crippen LogP) is 2.18. The van der Waals surface area contributed by atoms with Gasteiger partial charge in [-0.15, -0.1) is 0 Å². The number of benzene rings is 1. The van der Waals surface area contributed by atoms with Gasteiger partial charge in [0.15, 0.2) is 0 Å². The Kier molecular flexibility index (Phi) is 5.38. The summed E-state index contributed by atoms with van der Waals surface area (Å²) < 4.78 is 19.0. The lowest BCUT2D eigenvalue weighted by atomic mass is 10.1. The molecular weight excluding hydrogens is 219 g/mol.